The maximum absolute atomic E-state index is 12.5. The van der Waals surface area contributed by atoms with E-state index in [0.717, 1.165) is 36.6 Å². The van der Waals surface area contributed by atoms with Crippen LogP contribution in [0.25, 0.3) is 0 Å². The first-order valence-corrected chi connectivity index (χ1v) is 14.0. The second-order valence-corrected chi connectivity index (χ2v) is 11.6. The second-order valence-electron chi connectivity index (χ2n) is 9.40. The summed E-state index contributed by atoms with van der Waals surface area (Å²) in [6.07, 6.45) is 4.40. The lowest BCUT2D eigenvalue weighted by Crippen LogP contribution is -2.49. The number of fused-ring (bicyclic) bond motifs is 1. The summed E-state index contributed by atoms with van der Waals surface area (Å²) in [5.41, 5.74) is 4.35. The standard InChI is InChI=1S/C28H28ClN3O3S/c29-23-7-5-22(6-8-23)28(13-1-14-28)27-26-18-24(9-4-21(26)12-15-31-27)35-17-16-32-36(33,34)25-10-2-20(19-30)3-11-25/h2-11,18,27,31-32H,1,12-17H2. The summed E-state index contributed by atoms with van der Waals surface area (Å²) in [5.74, 6) is 0.727. The summed E-state index contributed by atoms with van der Waals surface area (Å²) in [6, 6.07) is 22.4. The molecule has 1 unspecified atom stereocenters. The van der Waals surface area contributed by atoms with Gasteiger partial charge in [-0.2, -0.15) is 5.26 Å². The molecule has 1 aliphatic carbocycles. The van der Waals surface area contributed by atoms with E-state index < -0.39 is 10.0 Å². The number of rotatable bonds is 8. The lowest BCUT2D eigenvalue weighted by Gasteiger charge is -2.50. The van der Waals surface area contributed by atoms with E-state index in [2.05, 4.69) is 34.3 Å². The Hall–Kier alpha value is -2.89. The predicted octanol–water partition coefficient (Wildman–Crippen LogP) is 4.88. The van der Waals surface area contributed by atoms with Gasteiger partial charge in [-0.1, -0.05) is 36.2 Å². The number of sulfonamides is 1. The molecular formula is C28H28ClN3O3S. The summed E-state index contributed by atoms with van der Waals surface area (Å²) >= 11 is 6.16. The third-order valence-electron chi connectivity index (χ3n) is 7.35. The van der Waals surface area contributed by atoms with E-state index in [1.807, 2.05) is 24.3 Å². The minimum atomic E-state index is -3.67. The predicted molar refractivity (Wildman–Crippen MR) is 140 cm³/mol. The number of nitrogens with zero attached hydrogens (tertiary/aromatic N) is 1. The number of benzene rings is 3. The molecule has 0 saturated heterocycles. The lowest BCUT2D eigenvalue weighted by atomic mass is 9.58. The Labute approximate surface area is 217 Å². The first-order chi connectivity index (χ1) is 17.4. The number of ether oxygens (including phenoxy) is 1. The molecule has 3 aromatic rings. The molecular weight excluding hydrogens is 494 g/mol. The molecule has 1 aliphatic heterocycles. The summed E-state index contributed by atoms with van der Waals surface area (Å²) in [7, 11) is -3.67. The first kappa shape index (κ1) is 24.8. The molecule has 0 spiro atoms. The van der Waals surface area contributed by atoms with Gasteiger partial charge in [0.2, 0.25) is 10.0 Å². The number of halogens is 1. The SMILES string of the molecule is N#Cc1ccc(S(=O)(=O)NCCOc2ccc3c(c2)C(C2(c4ccc(Cl)cc4)CCC2)NCC3)cc1. The van der Waals surface area contributed by atoms with Gasteiger partial charge >= 0.3 is 0 Å². The minimum absolute atomic E-state index is 0.0368. The molecule has 1 heterocycles. The van der Waals surface area contributed by atoms with Crippen LogP contribution in [-0.4, -0.2) is 28.1 Å². The summed E-state index contributed by atoms with van der Waals surface area (Å²) in [4.78, 5) is 0.122. The zero-order chi connectivity index (χ0) is 25.2. The Morgan fingerprint density at radius 1 is 1.08 bits per heavy atom. The van der Waals surface area contributed by atoms with Gasteiger partial charge in [0.1, 0.15) is 12.4 Å². The van der Waals surface area contributed by atoms with Gasteiger partial charge in [-0.05, 0) is 91.0 Å². The zero-order valence-electron chi connectivity index (χ0n) is 19.8. The molecule has 0 aromatic heterocycles. The summed E-state index contributed by atoms with van der Waals surface area (Å²) in [5, 5.41) is 13.4. The van der Waals surface area contributed by atoms with Crippen LogP contribution in [-0.2, 0) is 21.9 Å². The molecule has 6 nitrogen and oxygen atoms in total. The lowest BCUT2D eigenvalue weighted by molar-refractivity contribution is 0.164. The summed E-state index contributed by atoms with van der Waals surface area (Å²) in [6.45, 7) is 1.27. The number of nitrogens with one attached hydrogen (secondary N) is 2. The van der Waals surface area contributed by atoms with E-state index in [9.17, 15) is 8.42 Å². The van der Waals surface area contributed by atoms with Gasteiger partial charge in [-0.3, -0.25) is 0 Å². The number of hydrogen-bond donors (Lipinski definition) is 2. The van der Waals surface area contributed by atoms with Crippen LogP contribution < -0.4 is 14.8 Å². The van der Waals surface area contributed by atoms with E-state index in [1.165, 1.54) is 47.4 Å². The molecule has 0 bridgehead atoms. The molecule has 1 fully saturated rings. The second kappa shape index (κ2) is 10.2. The third kappa shape index (κ3) is 4.87. The van der Waals surface area contributed by atoms with Crippen molar-refractivity contribution in [2.45, 2.75) is 42.0 Å². The fourth-order valence-corrected chi connectivity index (χ4v) is 6.47. The fraction of sp³-hybridized carbons (Fsp3) is 0.321. The topological polar surface area (TPSA) is 91.2 Å². The Bertz CT molecular complexity index is 1380. The van der Waals surface area contributed by atoms with Crippen molar-refractivity contribution in [3.8, 4) is 11.8 Å². The molecule has 3 aromatic carbocycles. The first-order valence-electron chi connectivity index (χ1n) is 12.2. The average molecular weight is 522 g/mol. The zero-order valence-corrected chi connectivity index (χ0v) is 21.4. The fourth-order valence-electron chi connectivity index (χ4n) is 5.33. The monoisotopic (exact) mass is 521 g/mol. The van der Waals surface area contributed by atoms with Crippen molar-refractivity contribution in [1.82, 2.24) is 10.0 Å². The molecule has 8 heteroatoms. The van der Waals surface area contributed by atoms with Crippen LogP contribution in [0, 0.1) is 11.3 Å². The molecule has 2 N–H and O–H groups in total. The van der Waals surface area contributed by atoms with Crippen molar-refractivity contribution in [3.05, 3.63) is 94.0 Å². The van der Waals surface area contributed by atoms with Crippen molar-refractivity contribution < 1.29 is 13.2 Å². The van der Waals surface area contributed by atoms with Crippen LogP contribution in [0.4, 0.5) is 0 Å². The Morgan fingerprint density at radius 2 is 1.83 bits per heavy atom. The van der Waals surface area contributed by atoms with Gasteiger partial charge in [0.15, 0.2) is 0 Å². The van der Waals surface area contributed by atoms with E-state index in [4.69, 9.17) is 21.6 Å². The van der Waals surface area contributed by atoms with Crippen molar-refractivity contribution >= 4 is 21.6 Å². The average Bonchev–Trinajstić information content (AvgIpc) is 2.87. The Balaban J connectivity index is 1.27. The molecule has 186 valence electrons. The summed E-state index contributed by atoms with van der Waals surface area (Å²) < 4.78 is 33.6. The molecule has 0 amide bonds. The van der Waals surface area contributed by atoms with Crippen molar-refractivity contribution in [2.24, 2.45) is 0 Å². The maximum Gasteiger partial charge on any atom is 0.240 e. The molecule has 1 saturated carbocycles. The van der Waals surface area contributed by atoms with E-state index in [0.29, 0.717) is 5.56 Å². The molecule has 5 rings (SSSR count). The normalized spacial score (nSPS) is 18.5. The van der Waals surface area contributed by atoms with Crippen LogP contribution >= 0.6 is 11.6 Å². The smallest absolute Gasteiger partial charge is 0.240 e. The van der Waals surface area contributed by atoms with Gasteiger partial charge < -0.3 is 10.1 Å². The Kier molecular flexibility index (Phi) is 7.05. The van der Waals surface area contributed by atoms with Crippen molar-refractivity contribution in [2.75, 3.05) is 19.7 Å². The van der Waals surface area contributed by atoms with Crippen LogP contribution in [0.3, 0.4) is 0 Å². The van der Waals surface area contributed by atoms with Gasteiger partial charge in [-0.15, -0.1) is 0 Å². The highest BCUT2D eigenvalue weighted by Gasteiger charge is 2.47. The molecule has 1 atom stereocenters. The molecule has 0 radical (unpaired) electrons. The van der Waals surface area contributed by atoms with Crippen LogP contribution in [0.5, 0.6) is 5.75 Å². The van der Waals surface area contributed by atoms with Crippen molar-refractivity contribution in [3.63, 3.8) is 0 Å². The van der Waals surface area contributed by atoms with E-state index >= 15 is 0 Å². The van der Waals surface area contributed by atoms with Crippen LogP contribution in [0.1, 0.15) is 47.6 Å². The van der Waals surface area contributed by atoms with Gasteiger partial charge in [0.25, 0.3) is 0 Å². The van der Waals surface area contributed by atoms with Gasteiger partial charge in [-0.25, -0.2) is 13.1 Å². The highest BCUT2D eigenvalue weighted by Crippen LogP contribution is 2.53. The highest BCUT2D eigenvalue weighted by molar-refractivity contribution is 7.89. The minimum Gasteiger partial charge on any atom is -0.492 e. The van der Waals surface area contributed by atoms with E-state index in [1.54, 1.807) is 0 Å². The van der Waals surface area contributed by atoms with Gasteiger partial charge in [0.05, 0.1) is 16.5 Å². The molecule has 2 aliphatic rings. The molecule has 36 heavy (non-hydrogen) atoms. The Morgan fingerprint density at radius 3 is 2.50 bits per heavy atom. The van der Waals surface area contributed by atoms with Crippen LogP contribution in [0.2, 0.25) is 5.02 Å². The number of hydrogen-bond acceptors (Lipinski definition) is 5. The third-order valence-corrected chi connectivity index (χ3v) is 9.07. The van der Waals surface area contributed by atoms with Crippen LogP contribution in [0.15, 0.2) is 71.6 Å². The highest BCUT2D eigenvalue weighted by atomic mass is 35.5. The maximum atomic E-state index is 12.5. The van der Waals surface area contributed by atoms with Gasteiger partial charge in [0, 0.05) is 23.0 Å². The quantitative estimate of drug-likeness (QED) is 0.412. The van der Waals surface area contributed by atoms with Crippen molar-refractivity contribution in [1.29, 1.82) is 5.26 Å². The number of nitriles is 1. The van der Waals surface area contributed by atoms with E-state index in [-0.39, 0.29) is 29.5 Å². The largest absolute Gasteiger partial charge is 0.492 e.